The fraction of sp³-hybridized carbons (Fsp3) is 0.400. The van der Waals surface area contributed by atoms with Gasteiger partial charge in [-0.3, -0.25) is 4.98 Å². The maximum absolute atomic E-state index is 9.94. The van der Waals surface area contributed by atoms with E-state index in [1.54, 1.807) is 13.8 Å². The molecule has 4 heteroatoms. The Balaban J connectivity index is 2.51. The molecule has 2 N–H and O–H groups in total. The second-order valence-corrected chi connectivity index (χ2v) is 5.48. The van der Waals surface area contributed by atoms with Gasteiger partial charge in [0, 0.05) is 24.7 Å². The zero-order valence-electron chi connectivity index (χ0n) is 11.6. The summed E-state index contributed by atoms with van der Waals surface area (Å²) in [6, 6.07) is 9.68. The second-order valence-electron chi connectivity index (χ2n) is 5.48. The number of nitrogens with zero attached hydrogens (tertiary/aromatic N) is 2. The quantitative estimate of drug-likeness (QED) is 0.882. The minimum Gasteiger partial charge on any atom is -0.390 e. The number of aliphatic hydroxyl groups excluding tert-OH is 1. The van der Waals surface area contributed by atoms with E-state index >= 15 is 0 Å². The molecular formula is C15H20N2O2. The van der Waals surface area contributed by atoms with E-state index < -0.39 is 5.60 Å². The second kappa shape index (κ2) is 5.15. The van der Waals surface area contributed by atoms with Crippen molar-refractivity contribution >= 4 is 16.6 Å². The maximum Gasteiger partial charge on any atom is 0.0854 e. The Hall–Kier alpha value is -1.65. The SMILES string of the molecule is CN(CC(C)(C)O)c1cc(CO)nc2ccccc12. The van der Waals surface area contributed by atoms with Crippen LogP contribution < -0.4 is 4.90 Å². The zero-order valence-corrected chi connectivity index (χ0v) is 11.6. The van der Waals surface area contributed by atoms with E-state index in [9.17, 15) is 10.2 Å². The molecule has 0 fully saturated rings. The Kier molecular flexibility index (Phi) is 3.73. The summed E-state index contributed by atoms with van der Waals surface area (Å²) in [7, 11) is 1.93. The van der Waals surface area contributed by atoms with E-state index in [-0.39, 0.29) is 6.61 Å². The van der Waals surface area contributed by atoms with Gasteiger partial charge in [-0.15, -0.1) is 0 Å². The monoisotopic (exact) mass is 260 g/mol. The fourth-order valence-electron chi connectivity index (χ4n) is 2.27. The molecule has 0 atom stereocenters. The van der Waals surface area contributed by atoms with Gasteiger partial charge in [0.2, 0.25) is 0 Å². The molecule has 1 aromatic carbocycles. The third-order valence-corrected chi connectivity index (χ3v) is 2.94. The predicted octanol–water partition coefficient (Wildman–Crippen LogP) is 1.93. The first-order valence-electron chi connectivity index (χ1n) is 6.34. The lowest BCUT2D eigenvalue weighted by Gasteiger charge is -2.28. The van der Waals surface area contributed by atoms with Gasteiger partial charge < -0.3 is 15.1 Å². The number of benzene rings is 1. The van der Waals surface area contributed by atoms with E-state index in [4.69, 9.17) is 0 Å². The van der Waals surface area contributed by atoms with Crippen LogP contribution in [0.2, 0.25) is 0 Å². The Morgan fingerprint density at radius 3 is 2.58 bits per heavy atom. The van der Waals surface area contributed by atoms with Crippen LogP contribution in [0.5, 0.6) is 0 Å². The molecule has 2 aromatic rings. The Morgan fingerprint density at radius 2 is 1.95 bits per heavy atom. The van der Waals surface area contributed by atoms with Gasteiger partial charge in [-0.2, -0.15) is 0 Å². The summed E-state index contributed by atoms with van der Waals surface area (Å²) >= 11 is 0. The fourth-order valence-corrected chi connectivity index (χ4v) is 2.27. The number of hydrogen-bond acceptors (Lipinski definition) is 4. The molecular weight excluding hydrogens is 240 g/mol. The lowest BCUT2D eigenvalue weighted by molar-refractivity contribution is 0.0887. The summed E-state index contributed by atoms with van der Waals surface area (Å²) in [5.74, 6) is 0. The number of fused-ring (bicyclic) bond motifs is 1. The lowest BCUT2D eigenvalue weighted by atomic mass is 10.1. The predicted molar refractivity (Wildman–Crippen MR) is 77.2 cm³/mol. The number of likely N-dealkylation sites (N-methyl/N-ethyl adjacent to an activating group) is 1. The third kappa shape index (κ3) is 3.22. The number of para-hydroxylation sites is 1. The van der Waals surface area contributed by atoms with Crippen LogP contribution in [-0.2, 0) is 6.61 Å². The van der Waals surface area contributed by atoms with Crippen LogP contribution in [0.3, 0.4) is 0 Å². The molecule has 0 bridgehead atoms. The molecule has 1 aromatic heterocycles. The summed E-state index contributed by atoms with van der Waals surface area (Å²) in [4.78, 5) is 6.38. The van der Waals surface area contributed by atoms with Gasteiger partial charge in [0.1, 0.15) is 0 Å². The highest BCUT2D eigenvalue weighted by Crippen LogP contribution is 2.27. The average molecular weight is 260 g/mol. The molecule has 0 saturated carbocycles. The summed E-state index contributed by atoms with van der Waals surface area (Å²) in [5, 5.41) is 20.3. The van der Waals surface area contributed by atoms with Crippen molar-refractivity contribution in [2.45, 2.75) is 26.1 Å². The first-order chi connectivity index (χ1) is 8.90. The van der Waals surface area contributed by atoms with Crippen LogP contribution in [0.1, 0.15) is 19.5 Å². The van der Waals surface area contributed by atoms with Gasteiger partial charge in [-0.25, -0.2) is 0 Å². The summed E-state index contributed by atoms with van der Waals surface area (Å²) < 4.78 is 0. The molecule has 0 aliphatic rings. The summed E-state index contributed by atoms with van der Waals surface area (Å²) in [6.45, 7) is 3.97. The Morgan fingerprint density at radius 1 is 1.26 bits per heavy atom. The highest BCUT2D eigenvalue weighted by Gasteiger charge is 2.18. The van der Waals surface area contributed by atoms with Gasteiger partial charge in [0.05, 0.1) is 23.4 Å². The Bertz CT molecular complexity index is 576. The molecule has 0 aliphatic carbocycles. The molecule has 4 nitrogen and oxygen atoms in total. The topological polar surface area (TPSA) is 56.6 Å². The minimum atomic E-state index is -0.779. The first-order valence-corrected chi connectivity index (χ1v) is 6.34. The smallest absolute Gasteiger partial charge is 0.0854 e. The molecule has 0 saturated heterocycles. The van der Waals surface area contributed by atoms with E-state index in [1.165, 1.54) is 0 Å². The maximum atomic E-state index is 9.94. The third-order valence-electron chi connectivity index (χ3n) is 2.94. The summed E-state index contributed by atoms with van der Waals surface area (Å²) in [6.07, 6.45) is 0. The van der Waals surface area contributed by atoms with E-state index in [2.05, 4.69) is 4.98 Å². The summed E-state index contributed by atoms with van der Waals surface area (Å²) in [5.41, 5.74) is 1.68. The van der Waals surface area contributed by atoms with Crippen molar-refractivity contribution in [3.05, 3.63) is 36.0 Å². The van der Waals surface area contributed by atoms with Crippen molar-refractivity contribution in [1.82, 2.24) is 4.98 Å². The van der Waals surface area contributed by atoms with Crippen LogP contribution in [-0.4, -0.2) is 34.4 Å². The molecule has 0 unspecified atom stereocenters. The minimum absolute atomic E-state index is 0.0891. The molecule has 1 heterocycles. The van der Waals surface area contributed by atoms with Gasteiger partial charge in [0.15, 0.2) is 0 Å². The van der Waals surface area contributed by atoms with Gasteiger partial charge in [-0.1, -0.05) is 18.2 Å². The van der Waals surface area contributed by atoms with Crippen LogP contribution in [0.15, 0.2) is 30.3 Å². The number of aliphatic hydroxyl groups is 2. The van der Waals surface area contributed by atoms with E-state index in [1.807, 2.05) is 42.3 Å². The van der Waals surface area contributed by atoms with Crippen molar-refractivity contribution in [3.63, 3.8) is 0 Å². The van der Waals surface area contributed by atoms with Crippen molar-refractivity contribution < 1.29 is 10.2 Å². The van der Waals surface area contributed by atoms with Crippen molar-refractivity contribution in [1.29, 1.82) is 0 Å². The van der Waals surface area contributed by atoms with Gasteiger partial charge in [0.25, 0.3) is 0 Å². The van der Waals surface area contributed by atoms with Crippen molar-refractivity contribution in [2.75, 3.05) is 18.5 Å². The lowest BCUT2D eigenvalue weighted by Crippen LogP contribution is -2.36. The number of rotatable bonds is 4. The van der Waals surface area contributed by atoms with E-state index in [0.717, 1.165) is 16.6 Å². The van der Waals surface area contributed by atoms with Crippen LogP contribution in [0.25, 0.3) is 10.9 Å². The highest BCUT2D eigenvalue weighted by molar-refractivity contribution is 5.91. The van der Waals surface area contributed by atoms with Crippen molar-refractivity contribution in [2.24, 2.45) is 0 Å². The first kappa shape index (κ1) is 13.8. The highest BCUT2D eigenvalue weighted by atomic mass is 16.3. The largest absolute Gasteiger partial charge is 0.390 e. The normalized spacial score (nSPS) is 11.8. The molecule has 0 amide bonds. The van der Waals surface area contributed by atoms with Crippen LogP contribution in [0, 0.1) is 0 Å². The molecule has 0 spiro atoms. The Labute approximate surface area is 113 Å². The molecule has 102 valence electrons. The molecule has 2 rings (SSSR count). The van der Waals surface area contributed by atoms with Crippen LogP contribution in [0.4, 0.5) is 5.69 Å². The molecule has 0 radical (unpaired) electrons. The number of hydrogen-bond donors (Lipinski definition) is 2. The van der Waals surface area contributed by atoms with Crippen molar-refractivity contribution in [3.8, 4) is 0 Å². The van der Waals surface area contributed by atoms with Crippen LogP contribution >= 0.6 is 0 Å². The van der Waals surface area contributed by atoms with Gasteiger partial charge in [-0.05, 0) is 26.0 Å². The standard InChI is InChI=1S/C15H20N2O2/c1-15(2,19)10-17(3)14-8-11(9-18)16-13-7-5-4-6-12(13)14/h4-8,18-19H,9-10H2,1-3H3. The van der Waals surface area contributed by atoms with Gasteiger partial charge >= 0.3 is 0 Å². The number of anilines is 1. The number of pyridine rings is 1. The zero-order chi connectivity index (χ0) is 14.0. The van der Waals surface area contributed by atoms with E-state index in [0.29, 0.717) is 12.2 Å². The molecule has 19 heavy (non-hydrogen) atoms. The number of aromatic nitrogens is 1. The average Bonchev–Trinajstić information content (AvgIpc) is 2.35. The molecule has 0 aliphatic heterocycles.